The Balaban J connectivity index is 0.00000364. The lowest BCUT2D eigenvalue weighted by molar-refractivity contribution is 0.0955. The van der Waals surface area contributed by atoms with E-state index in [4.69, 9.17) is 0 Å². The number of guanidine groups is 1. The fourth-order valence-corrected chi connectivity index (χ4v) is 3.22. The number of nitrogens with zero attached hydrogens (tertiary/aromatic N) is 2. The molecule has 1 aliphatic heterocycles. The van der Waals surface area contributed by atoms with Gasteiger partial charge in [0, 0.05) is 50.9 Å². The molecule has 1 aliphatic rings. The second kappa shape index (κ2) is 12.2. The van der Waals surface area contributed by atoms with Gasteiger partial charge in [0.05, 0.1) is 0 Å². The van der Waals surface area contributed by atoms with Crippen LogP contribution in [0.2, 0.25) is 0 Å². The summed E-state index contributed by atoms with van der Waals surface area (Å²) in [4.78, 5) is 18.8. The van der Waals surface area contributed by atoms with Crippen LogP contribution in [0.25, 0.3) is 0 Å². The van der Waals surface area contributed by atoms with Gasteiger partial charge >= 0.3 is 0 Å². The summed E-state index contributed by atoms with van der Waals surface area (Å²) in [5.74, 6) is 0.783. The molecule has 0 radical (unpaired) electrons. The van der Waals surface area contributed by atoms with Crippen molar-refractivity contribution in [2.45, 2.75) is 52.2 Å². The molecule has 2 rings (SSSR count). The molecule has 27 heavy (non-hydrogen) atoms. The van der Waals surface area contributed by atoms with Crippen molar-refractivity contribution in [2.24, 2.45) is 4.99 Å². The topological polar surface area (TPSA) is 68.8 Å². The molecule has 1 amide bonds. The van der Waals surface area contributed by atoms with Crippen molar-refractivity contribution in [1.82, 2.24) is 20.9 Å². The van der Waals surface area contributed by atoms with E-state index in [9.17, 15) is 4.79 Å². The zero-order valence-corrected chi connectivity index (χ0v) is 19.2. The van der Waals surface area contributed by atoms with Crippen LogP contribution < -0.4 is 16.0 Å². The zero-order valence-electron chi connectivity index (χ0n) is 16.9. The first kappa shape index (κ1) is 23.7. The molecule has 0 aliphatic carbocycles. The fourth-order valence-electron chi connectivity index (χ4n) is 3.22. The number of aliphatic imine (C=N–C) groups is 1. The number of likely N-dealkylation sites (tertiary alicyclic amines) is 1. The first-order valence-corrected chi connectivity index (χ1v) is 9.61. The summed E-state index contributed by atoms with van der Waals surface area (Å²) in [5.41, 5.74) is 1.75. The molecule has 0 unspecified atom stereocenters. The van der Waals surface area contributed by atoms with E-state index >= 15 is 0 Å². The number of rotatable bonds is 6. The highest BCUT2D eigenvalue weighted by Crippen LogP contribution is 2.13. The van der Waals surface area contributed by atoms with Crippen molar-refractivity contribution in [1.29, 1.82) is 0 Å². The van der Waals surface area contributed by atoms with Crippen LogP contribution >= 0.6 is 24.0 Å². The van der Waals surface area contributed by atoms with Crippen molar-refractivity contribution in [3.8, 4) is 0 Å². The summed E-state index contributed by atoms with van der Waals surface area (Å²) in [6.07, 6.45) is 2.26. The quantitative estimate of drug-likeness (QED) is 0.328. The molecule has 1 saturated heterocycles. The average Bonchev–Trinajstić information content (AvgIpc) is 2.66. The lowest BCUT2D eigenvalue weighted by Gasteiger charge is -2.35. The van der Waals surface area contributed by atoms with Crippen molar-refractivity contribution >= 4 is 35.8 Å². The summed E-state index contributed by atoms with van der Waals surface area (Å²) in [5, 5.41) is 9.72. The third-order valence-corrected chi connectivity index (χ3v) is 4.81. The number of piperidine rings is 1. The fraction of sp³-hybridized carbons (Fsp3) is 0.600. The van der Waals surface area contributed by atoms with E-state index in [1.54, 1.807) is 7.05 Å². The Morgan fingerprint density at radius 1 is 1.26 bits per heavy atom. The summed E-state index contributed by atoms with van der Waals surface area (Å²) >= 11 is 0. The standard InChI is InChI=1S/C20H33N5O.HI/c1-5-22-19(26)17-8-6-7-16(13-17)14-23-20(21-4)24-18-9-11-25(12-10-18)15(2)3;/h6-8,13,15,18H,5,9-12,14H2,1-4H3,(H,22,26)(H2,21,23,24);1H. The molecular formula is C20H34IN5O. The first-order chi connectivity index (χ1) is 12.5. The highest BCUT2D eigenvalue weighted by molar-refractivity contribution is 14.0. The van der Waals surface area contributed by atoms with Crippen molar-refractivity contribution < 1.29 is 4.79 Å². The lowest BCUT2D eigenvalue weighted by atomic mass is 10.0. The summed E-state index contributed by atoms with van der Waals surface area (Å²) < 4.78 is 0. The van der Waals surface area contributed by atoms with E-state index in [1.165, 1.54) is 0 Å². The van der Waals surface area contributed by atoms with Gasteiger partial charge in [-0.3, -0.25) is 9.79 Å². The Morgan fingerprint density at radius 2 is 1.96 bits per heavy atom. The minimum absolute atomic E-state index is 0. The van der Waals surface area contributed by atoms with Crippen molar-refractivity contribution in [3.63, 3.8) is 0 Å². The number of carbonyl (C=O) groups is 1. The molecule has 152 valence electrons. The molecule has 1 aromatic rings. The van der Waals surface area contributed by atoms with Gasteiger partial charge in [0.25, 0.3) is 5.91 Å². The Bertz CT molecular complexity index is 612. The highest BCUT2D eigenvalue weighted by Gasteiger charge is 2.21. The van der Waals surface area contributed by atoms with E-state index in [0.717, 1.165) is 37.5 Å². The molecule has 0 bridgehead atoms. The van der Waals surface area contributed by atoms with Gasteiger partial charge in [0.2, 0.25) is 0 Å². The summed E-state index contributed by atoms with van der Waals surface area (Å²) in [6, 6.07) is 8.77. The number of benzene rings is 1. The van der Waals surface area contributed by atoms with Gasteiger partial charge in [0.15, 0.2) is 5.96 Å². The van der Waals surface area contributed by atoms with Crippen LogP contribution in [-0.2, 0) is 6.54 Å². The largest absolute Gasteiger partial charge is 0.354 e. The molecule has 0 saturated carbocycles. The van der Waals surface area contributed by atoms with Crippen LogP contribution in [0.15, 0.2) is 29.3 Å². The van der Waals surface area contributed by atoms with E-state index in [-0.39, 0.29) is 29.9 Å². The third kappa shape index (κ3) is 7.65. The maximum atomic E-state index is 12.0. The minimum atomic E-state index is -0.0335. The molecule has 1 fully saturated rings. The molecule has 3 N–H and O–H groups in total. The second-order valence-electron chi connectivity index (χ2n) is 7.03. The van der Waals surface area contributed by atoms with E-state index in [2.05, 4.69) is 39.7 Å². The van der Waals surface area contributed by atoms with Crippen LogP contribution in [0.3, 0.4) is 0 Å². The Hall–Kier alpha value is -1.35. The predicted molar refractivity (Wildman–Crippen MR) is 123 cm³/mol. The van der Waals surface area contributed by atoms with Crippen LogP contribution in [0.5, 0.6) is 0 Å². The normalized spacial score (nSPS) is 16.0. The molecule has 0 aromatic heterocycles. The predicted octanol–water partition coefficient (Wildman–Crippen LogP) is 2.59. The third-order valence-electron chi connectivity index (χ3n) is 4.81. The highest BCUT2D eigenvalue weighted by atomic mass is 127. The Morgan fingerprint density at radius 3 is 2.56 bits per heavy atom. The van der Waals surface area contributed by atoms with Gasteiger partial charge in [0.1, 0.15) is 0 Å². The zero-order chi connectivity index (χ0) is 18.9. The van der Waals surface area contributed by atoms with Crippen LogP contribution in [0, 0.1) is 0 Å². The van der Waals surface area contributed by atoms with Crippen LogP contribution in [0.4, 0.5) is 0 Å². The molecule has 1 aromatic carbocycles. The van der Waals surface area contributed by atoms with E-state index < -0.39 is 0 Å². The van der Waals surface area contributed by atoms with E-state index in [0.29, 0.717) is 30.7 Å². The van der Waals surface area contributed by atoms with Crippen LogP contribution in [-0.4, -0.2) is 55.5 Å². The van der Waals surface area contributed by atoms with Crippen LogP contribution in [0.1, 0.15) is 49.5 Å². The molecule has 6 nitrogen and oxygen atoms in total. The maximum Gasteiger partial charge on any atom is 0.251 e. The number of amides is 1. The average molecular weight is 487 g/mol. The number of nitrogens with one attached hydrogen (secondary N) is 3. The first-order valence-electron chi connectivity index (χ1n) is 9.61. The molecule has 0 atom stereocenters. The second-order valence-corrected chi connectivity index (χ2v) is 7.03. The minimum Gasteiger partial charge on any atom is -0.354 e. The van der Waals surface area contributed by atoms with Gasteiger partial charge < -0.3 is 20.9 Å². The van der Waals surface area contributed by atoms with Gasteiger partial charge in [-0.05, 0) is 51.3 Å². The smallest absolute Gasteiger partial charge is 0.251 e. The van der Waals surface area contributed by atoms with E-state index in [1.807, 2.05) is 31.2 Å². The summed E-state index contributed by atoms with van der Waals surface area (Å²) in [7, 11) is 1.80. The number of hydrogen-bond donors (Lipinski definition) is 3. The van der Waals surface area contributed by atoms with Crippen molar-refractivity contribution in [2.75, 3.05) is 26.7 Å². The number of halogens is 1. The van der Waals surface area contributed by atoms with Gasteiger partial charge in [-0.15, -0.1) is 24.0 Å². The monoisotopic (exact) mass is 487 g/mol. The van der Waals surface area contributed by atoms with Gasteiger partial charge in [-0.2, -0.15) is 0 Å². The molecule has 0 spiro atoms. The Kier molecular flexibility index (Phi) is 10.7. The number of carbonyl (C=O) groups excluding carboxylic acids is 1. The lowest BCUT2D eigenvalue weighted by Crippen LogP contribution is -2.49. The molecular weight excluding hydrogens is 453 g/mol. The number of hydrogen-bond acceptors (Lipinski definition) is 3. The molecule has 1 heterocycles. The maximum absolute atomic E-state index is 12.0. The van der Waals surface area contributed by atoms with Crippen molar-refractivity contribution in [3.05, 3.63) is 35.4 Å². The Labute approximate surface area is 180 Å². The summed E-state index contributed by atoms with van der Waals surface area (Å²) in [6.45, 7) is 9.95. The SMILES string of the molecule is CCNC(=O)c1cccc(CNC(=NC)NC2CCN(C(C)C)CC2)c1.I. The van der Waals surface area contributed by atoms with Gasteiger partial charge in [-0.1, -0.05) is 12.1 Å². The molecule has 7 heteroatoms. The van der Waals surface area contributed by atoms with Gasteiger partial charge in [-0.25, -0.2) is 0 Å².